The Kier molecular flexibility index (Phi) is 5.83. The molecule has 3 N–H and O–H groups in total. The summed E-state index contributed by atoms with van der Waals surface area (Å²) in [5, 5.41) is 3.11. The van der Waals surface area contributed by atoms with Gasteiger partial charge in [0.05, 0.1) is 11.5 Å². The minimum Gasteiger partial charge on any atom is -0.349 e. The fourth-order valence-electron chi connectivity index (χ4n) is 2.75. The van der Waals surface area contributed by atoms with Gasteiger partial charge >= 0.3 is 0 Å². The van der Waals surface area contributed by atoms with Crippen LogP contribution in [0.15, 0.2) is 30.3 Å². The molecule has 106 valence electrons. The first kappa shape index (κ1) is 16.0. The summed E-state index contributed by atoms with van der Waals surface area (Å²) in [6.45, 7) is 2.48. The first-order chi connectivity index (χ1) is 8.68. The molecule has 2 rings (SSSR count). The van der Waals surface area contributed by atoms with Gasteiger partial charge in [0.15, 0.2) is 0 Å². The molecule has 1 aliphatic rings. The van der Waals surface area contributed by atoms with Gasteiger partial charge in [0.2, 0.25) is 5.91 Å². The molecule has 0 aromatic heterocycles. The Hall–Kier alpha value is -1.06. The van der Waals surface area contributed by atoms with Crippen LogP contribution in [0.2, 0.25) is 0 Å². The lowest BCUT2D eigenvalue weighted by Crippen LogP contribution is -2.44. The molecule has 1 fully saturated rings. The summed E-state index contributed by atoms with van der Waals surface area (Å²) >= 11 is 0. The zero-order valence-corrected chi connectivity index (χ0v) is 12.2. The van der Waals surface area contributed by atoms with E-state index in [0.29, 0.717) is 6.54 Å². The lowest BCUT2D eigenvalue weighted by atomic mass is 9.85. The number of rotatable bonds is 4. The van der Waals surface area contributed by atoms with Crippen LogP contribution < -0.4 is 11.1 Å². The van der Waals surface area contributed by atoms with Crippen LogP contribution in [0.3, 0.4) is 0 Å². The highest BCUT2D eigenvalue weighted by Gasteiger charge is 2.40. The van der Waals surface area contributed by atoms with Crippen LogP contribution in [-0.2, 0) is 4.79 Å². The Morgan fingerprint density at radius 1 is 1.32 bits per heavy atom. The predicted octanol–water partition coefficient (Wildman–Crippen LogP) is 2.80. The SMILES string of the molecule is CC(NC(=O)C1(CN)CCCC1)c1ccccc1.Cl. The number of nitrogens with two attached hydrogens (primary N) is 1. The predicted molar refractivity (Wildman–Crippen MR) is 80.2 cm³/mol. The number of hydrogen-bond acceptors (Lipinski definition) is 2. The van der Waals surface area contributed by atoms with Crippen molar-refractivity contribution < 1.29 is 4.79 Å². The highest BCUT2D eigenvalue weighted by molar-refractivity contribution is 5.85. The summed E-state index contributed by atoms with van der Waals surface area (Å²) in [4.78, 5) is 12.4. The van der Waals surface area contributed by atoms with Gasteiger partial charge in [0.25, 0.3) is 0 Å². The van der Waals surface area contributed by atoms with E-state index >= 15 is 0 Å². The summed E-state index contributed by atoms with van der Waals surface area (Å²) in [6, 6.07) is 10.1. The molecule has 1 unspecified atom stereocenters. The maximum atomic E-state index is 12.4. The molecule has 1 amide bonds. The molecule has 1 aromatic rings. The van der Waals surface area contributed by atoms with Crippen molar-refractivity contribution in [1.82, 2.24) is 5.32 Å². The van der Waals surface area contributed by atoms with Gasteiger partial charge < -0.3 is 11.1 Å². The molecule has 1 aromatic carbocycles. The fourth-order valence-corrected chi connectivity index (χ4v) is 2.75. The van der Waals surface area contributed by atoms with Crippen LogP contribution in [0.25, 0.3) is 0 Å². The largest absolute Gasteiger partial charge is 0.349 e. The van der Waals surface area contributed by atoms with Gasteiger partial charge in [-0.1, -0.05) is 43.2 Å². The Balaban J connectivity index is 0.00000180. The lowest BCUT2D eigenvalue weighted by molar-refractivity contribution is -0.131. The molecule has 0 heterocycles. The highest BCUT2D eigenvalue weighted by Crippen LogP contribution is 2.37. The van der Waals surface area contributed by atoms with Crippen molar-refractivity contribution in [3.63, 3.8) is 0 Å². The van der Waals surface area contributed by atoms with Gasteiger partial charge in [-0.3, -0.25) is 4.79 Å². The van der Waals surface area contributed by atoms with E-state index in [0.717, 1.165) is 31.2 Å². The number of hydrogen-bond donors (Lipinski definition) is 2. The van der Waals surface area contributed by atoms with E-state index in [1.165, 1.54) is 0 Å². The van der Waals surface area contributed by atoms with Gasteiger partial charge in [-0.15, -0.1) is 12.4 Å². The average Bonchev–Trinajstić information content (AvgIpc) is 2.89. The van der Waals surface area contributed by atoms with Gasteiger partial charge in [-0.2, -0.15) is 0 Å². The number of benzene rings is 1. The maximum absolute atomic E-state index is 12.4. The number of amides is 1. The first-order valence-electron chi connectivity index (χ1n) is 6.74. The van der Waals surface area contributed by atoms with E-state index in [-0.39, 0.29) is 29.8 Å². The van der Waals surface area contributed by atoms with Gasteiger partial charge in [-0.05, 0) is 25.3 Å². The third-order valence-electron chi connectivity index (χ3n) is 4.08. The summed E-state index contributed by atoms with van der Waals surface area (Å²) in [6.07, 6.45) is 4.09. The Labute approximate surface area is 121 Å². The number of carbonyl (C=O) groups excluding carboxylic acids is 1. The van der Waals surface area contributed by atoms with E-state index in [2.05, 4.69) is 5.32 Å². The summed E-state index contributed by atoms with van der Waals surface area (Å²) < 4.78 is 0. The van der Waals surface area contributed by atoms with Crippen LogP contribution in [0.1, 0.15) is 44.2 Å². The second-order valence-electron chi connectivity index (χ2n) is 5.30. The monoisotopic (exact) mass is 282 g/mol. The van der Waals surface area contributed by atoms with E-state index in [9.17, 15) is 4.79 Å². The standard InChI is InChI=1S/C15H22N2O.ClH/c1-12(13-7-3-2-4-8-13)17-14(18)15(11-16)9-5-6-10-15;/h2-4,7-8,12H,5-6,9-11,16H2,1H3,(H,17,18);1H. The Bertz CT molecular complexity index is 402. The van der Waals surface area contributed by atoms with Gasteiger partial charge in [-0.25, -0.2) is 0 Å². The normalized spacial score (nSPS) is 18.4. The molecule has 3 nitrogen and oxygen atoms in total. The molecular weight excluding hydrogens is 260 g/mol. The molecule has 0 spiro atoms. The lowest BCUT2D eigenvalue weighted by Gasteiger charge is -2.28. The molecule has 0 radical (unpaired) electrons. The molecule has 19 heavy (non-hydrogen) atoms. The minimum atomic E-state index is -0.316. The third-order valence-corrected chi connectivity index (χ3v) is 4.08. The van der Waals surface area contributed by atoms with Crippen molar-refractivity contribution in [1.29, 1.82) is 0 Å². The number of carbonyl (C=O) groups is 1. The molecule has 0 saturated heterocycles. The zero-order chi connectivity index (χ0) is 13.0. The van der Waals surface area contributed by atoms with Crippen molar-refractivity contribution in [2.45, 2.75) is 38.6 Å². The van der Waals surface area contributed by atoms with Crippen LogP contribution in [0.5, 0.6) is 0 Å². The second-order valence-corrected chi connectivity index (χ2v) is 5.30. The first-order valence-corrected chi connectivity index (χ1v) is 6.74. The van der Waals surface area contributed by atoms with Crippen LogP contribution >= 0.6 is 12.4 Å². The summed E-state index contributed by atoms with van der Waals surface area (Å²) in [5.74, 6) is 0.124. The molecule has 1 atom stereocenters. The van der Waals surface area contributed by atoms with E-state index in [1.807, 2.05) is 37.3 Å². The van der Waals surface area contributed by atoms with Crippen LogP contribution in [0, 0.1) is 5.41 Å². The Morgan fingerprint density at radius 2 is 1.89 bits per heavy atom. The van der Waals surface area contributed by atoms with E-state index < -0.39 is 0 Å². The van der Waals surface area contributed by atoms with Crippen LogP contribution in [-0.4, -0.2) is 12.5 Å². The highest BCUT2D eigenvalue weighted by atomic mass is 35.5. The topological polar surface area (TPSA) is 55.1 Å². The molecule has 4 heteroatoms. The molecule has 0 aliphatic heterocycles. The number of halogens is 1. The fraction of sp³-hybridized carbons (Fsp3) is 0.533. The van der Waals surface area contributed by atoms with E-state index in [4.69, 9.17) is 5.73 Å². The quantitative estimate of drug-likeness (QED) is 0.892. The maximum Gasteiger partial charge on any atom is 0.227 e. The average molecular weight is 283 g/mol. The van der Waals surface area contributed by atoms with Crippen molar-refractivity contribution in [3.05, 3.63) is 35.9 Å². The van der Waals surface area contributed by atoms with Crippen molar-refractivity contribution in [2.75, 3.05) is 6.54 Å². The van der Waals surface area contributed by atoms with Crippen molar-refractivity contribution in [2.24, 2.45) is 11.1 Å². The second kappa shape index (κ2) is 6.92. The molecule has 1 saturated carbocycles. The van der Waals surface area contributed by atoms with Crippen molar-refractivity contribution >= 4 is 18.3 Å². The van der Waals surface area contributed by atoms with Crippen LogP contribution in [0.4, 0.5) is 0 Å². The van der Waals surface area contributed by atoms with Gasteiger partial charge in [0.1, 0.15) is 0 Å². The minimum absolute atomic E-state index is 0. The smallest absolute Gasteiger partial charge is 0.227 e. The summed E-state index contributed by atoms with van der Waals surface area (Å²) in [5.41, 5.74) is 6.64. The Morgan fingerprint density at radius 3 is 2.42 bits per heavy atom. The zero-order valence-electron chi connectivity index (χ0n) is 11.4. The molecular formula is C15H23ClN2O. The summed E-state index contributed by atoms with van der Waals surface area (Å²) in [7, 11) is 0. The molecule has 1 aliphatic carbocycles. The van der Waals surface area contributed by atoms with Gasteiger partial charge in [0, 0.05) is 6.54 Å². The van der Waals surface area contributed by atoms with Crippen molar-refractivity contribution in [3.8, 4) is 0 Å². The number of nitrogens with one attached hydrogen (secondary N) is 1. The molecule has 0 bridgehead atoms. The van der Waals surface area contributed by atoms with E-state index in [1.54, 1.807) is 0 Å². The third kappa shape index (κ3) is 3.48.